The molecule has 2 aromatic rings. The molecule has 4 bridgehead atoms. The van der Waals surface area contributed by atoms with Crippen molar-refractivity contribution in [1.29, 1.82) is 0 Å². The molecule has 36 heavy (non-hydrogen) atoms. The third-order valence-electron chi connectivity index (χ3n) is 8.12. The average Bonchev–Trinajstić information content (AvgIpc) is 2.86. The molecule has 1 atom stereocenters. The zero-order valence-electron chi connectivity index (χ0n) is 21.2. The van der Waals surface area contributed by atoms with Crippen LogP contribution in [0.5, 0.6) is 11.5 Å². The van der Waals surface area contributed by atoms with Gasteiger partial charge in [0.2, 0.25) is 0 Å². The smallest absolute Gasteiger partial charge is 0.336 e. The fourth-order valence-corrected chi connectivity index (χ4v) is 7.08. The quantitative estimate of drug-likeness (QED) is 0.383. The van der Waals surface area contributed by atoms with E-state index in [2.05, 4.69) is 17.9 Å². The zero-order chi connectivity index (χ0) is 25.3. The summed E-state index contributed by atoms with van der Waals surface area (Å²) in [5.74, 6) is 8.86. The molecular weight excluding hydrogens is 456 g/mol. The maximum atomic E-state index is 11.7. The average molecular weight is 491 g/mol. The van der Waals surface area contributed by atoms with E-state index in [1.807, 2.05) is 13.0 Å². The predicted molar refractivity (Wildman–Crippen MR) is 135 cm³/mol. The number of rotatable bonds is 8. The first-order chi connectivity index (χ1) is 17.4. The summed E-state index contributed by atoms with van der Waals surface area (Å²) in [6, 6.07) is 10.8. The molecule has 4 fully saturated rings. The Hall–Kier alpha value is -3.01. The molecule has 4 aliphatic rings. The SMILES string of the molecule is CCOC(OC)Oc1cc(OC)c(C#Cc2ccccc2C(=O)O)cc1C12CC3CC(CC(C3)C1)C2. The Morgan fingerprint density at radius 1 is 1.00 bits per heavy atom. The van der Waals surface area contributed by atoms with Crippen LogP contribution in [0.15, 0.2) is 36.4 Å². The molecule has 6 nitrogen and oxygen atoms in total. The van der Waals surface area contributed by atoms with Crippen LogP contribution in [0.3, 0.4) is 0 Å². The zero-order valence-corrected chi connectivity index (χ0v) is 21.2. The van der Waals surface area contributed by atoms with Gasteiger partial charge in [-0.2, -0.15) is 0 Å². The Morgan fingerprint density at radius 3 is 2.22 bits per heavy atom. The van der Waals surface area contributed by atoms with Crippen LogP contribution in [-0.4, -0.2) is 38.4 Å². The highest BCUT2D eigenvalue weighted by Crippen LogP contribution is 2.62. The van der Waals surface area contributed by atoms with Crippen molar-refractivity contribution >= 4 is 5.97 Å². The number of aromatic carboxylic acids is 1. The first-order valence-electron chi connectivity index (χ1n) is 12.8. The number of carbonyl (C=O) groups is 1. The highest BCUT2D eigenvalue weighted by Gasteiger charge is 2.52. The van der Waals surface area contributed by atoms with Crippen molar-refractivity contribution < 1.29 is 28.8 Å². The van der Waals surface area contributed by atoms with E-state index in [0.29, 0.717) is 23.7 Å². The molecule has 2 aromatic carbocycles. The number of carboxylic acid groups (broad SMARTS) is 1. The summed E-state index contributed by atoms with van der Waals surface area (Å²) in [7, 11) is 3.18. The summed E-state index contributed by atoms with van der Waals surface area (Å²) in [6.07, 6.45) is 7.48. The lowest BCUT2D eigenvalue weighted by atomic mass is 9.48. The van der Waals surface area contributed by atoms with Crippen LogP contribution < -0.4 is 9.47 Å². The molecule has 4 saturated carbocycles. The van der Waals surface area contributed by atoms with Gasteiger partial charge >= 0.3 is 12.4 Å². The highest BCUT2D eigenvalue weighted by molar-refractivity contribution is 5.90. The fourth-order valence-electron chi connectivity index (χ4n) is 7.08. The Labute approximate surface area is 212 Å². The number of benzene rings is 2. The van der Waals surface area contributed by atoms with Crippen molar-refractivity contribution in [1.82, 2.24) is 0 Å². The Morgan fingerprint density at radius 2 is 1.64 bits per heavy atom. The monoisotopic (exact) mass is 490 g/mol. The van der Waals surface area contributed by atoms with Gasteiger partial charge in [-0.3, -0.25) is 0 Å². The minimum absolute atomic E-state index is 0.0380. The number of hydrogen-bond acceptors (Lipinski definition) is 5. The molecule has 0 amide bonds. The Bertz CT molecular complexity index is 1150. The van der Waals surface area contributed by atoms with Crippen LogP contribution in [0.25, 0.3) is 0 Å². The van der Waals surface area contributed by atoms with E-state index in [-0.39, 0.29) is 11.0 Å². The molecule has 0 spiro atoms. The lowest BCUT2D eigenvalue weighted by Crippen LogP contribution is -2.48. The number of hydrogen-bond donors (Lipinski definition) is 1. The lowest BCUT2D eigenvalue weighted by molar-refractivity contribution is -0.231. The van der Waals surface area contributed by atoms with Gasteiger partial charge in [-0.15, -0.1) is 0 Å². The van der Waals surface area contributed by atoms with Gasteiger partial charge in [0.25, 0.3) is 0 Å². The minimum atomic E-state index is -0.994. The lowest BCUT2D eigenvalue weighted by Gasteiger charge is -2.57. The summed E-state index contributed by atoms with van der Waals surface area (Å²) in [5, 5.41) is 9.56. The van der Waals surface area contributed by atoms with Gasteiger partial charge in [-0.05, 0) is 86.8 Å². The summed E-state index contributed by atoms with van der Waals surface area (Å²) in [4.78, 5) is 11.7. The fraction of sp³-hybridized carbons (Fsp3) is 0.500. The van der Waals surface area contributed by atoms with Crippen LogP contribution in [0, 0.1) is 29.6 Å². The third-order valence-corrected chi connectivity index (χ3v) is 8.12. The van der Waals surface area contributed by atoms with E-state index in [1.54, 1.807) is 38.5 Å². The second kappa shape index (κ2) is 10.2. The van der Waals surface area contributed by atoms with E-state index in [9.17, 15) is 9.90 Å². The van der Waals surface area contributed by atoms with Gasteiger partial charge in [-0.1, -0.05) is 24.0 Å². The topological polar surface area (TPSA) is 74.2 Å². The van der Waals surface area contributed by atoms with Crippen molar-refractivity contribution in [2.24, 2.45) is 17.8 Å². The maximum Gasteiger partial charge on any atom is 0.336 e. The molecule has 0 aliphatic heterocycles. The van der Waals surface area contributed by atoms with Gasteiger partial charge in [0, 0.05) is 24.3 Å². The van der Waals surface area contributed by atoms with Gasteiger partial charge in [-0.25, -0.2) is 4.79 Å². The van der Waals surface area contributed by atoms with Crippen molar-refractivity contribution in [2.75, 3.05) is 20.8 Å². The molecule has 4 aliphatic carbocycles. The number of carboxylic acids is 1. The van der Waals surface area contributed by atoms with Crippen LogP contribution in [0.4, 0.5) is 0 Å². The van der Waals surface area contributed by atoms with E-state index < -0.39 is 12.4 Å². The van der Waals surface area contributed by atoms with Crippen LogP contribution in [0.2, 0.25) is 0 Å². The van der Waals surface area contributed by atoms with Gasteiger partial charge in [0.1, 0.15) is 11.5 Å². The molecular formula is C30H34O6. The molecule has 0 aromatic heterocycles. The molecule has 6 rings (SSSR count). The number of ether oxygens (including phenoxy) is 4. The normalized spacial score (nSPS) is 26.7. The van der Waals surface area contributed by atoms with E-state index in [4.69, 9.17) is 18.9 Å². The van der Waals surface area contributed by atoms with E-state index in [0.717, 1.165) is 48.1 Å². The largest absolute Gasteiger partial charge is 0.495 e. The first kappa shape index (κ1) is 24.7. The molecule has 0 radical (unpaired) electrons. The van der Waals surface area contributed by atoms with Crippen LogP contribution >= 0.6 is 0 Å². The van der Waals surface area contributed by atoms with Crippen LogP contribution in [-0.2, 0) is 14.9 Å². The molecule has 1 unspecified atom stereocenters. The van der Waals surface area contributed by atoms with Gasteiger partial charge in [0.05, 0.1) is 24.8 Å². The summed E-state index contributed by atoms with van der Waals surface area (Å²) in [6.45, 7) is 1.56. The minimum Gasteiger partial charge on any atom is -0.495 e. The second-order valence-corrected chi connectivity index (χ2v) is 10.4. The number of methoxy groups -OCH3 is 2. The highest BCUT2D eigenvalue weighted by atomic mass is 16.8. The Balaban J connectivity index is 1.61. The van der Waals surface area contributed by atoms with Crippen molar-refractivity contribution in [3.63, 3.8) is 0 Å². The molecule has 0 heterocycles. The third kappa shape index (κ3) is 4.70. The molecule has 6 heteroatoms. The van der Waals surface area contributed by atoms with Gasteiger partial charge in [0.15, 0.2) is 0 Å². The van der Waals surface area contributed by atoms with Crippen LogP contribution in [0.1, 0.15) is 72.5 Å². The summed E-state index contributed by atoms with van der Waals surface area (Å²) >= 11 is 0. The first-order valence-corrected chi connectivity index (χ1v) is 12.8. The van der Waals surface area contributed by atoms with Crippen molar-refractivity contribution in [3.8, 4) is 23.3 Å². The van der Waals surface area contributed by atoms with Crippen molar-refractivity contribution in [3.05, 3.63) is 58.7 Å². The molecule has 190 valence electrons. The van der Waals surface area contributed by atoms with E-state index in [1.165, 1.54) is 19.3 Å². The predicted octanol–water partition coefficient (Wildman–Crippen LogP) is 5.61. The van der Waals surface area contributed by atoms with Gasteiger partial charge < -0.3 is 24.1 Å². The second-order valence-electron chi connectivity index (χ2n) is 10.4. The summed E-state index contributed by atoms with van der Waals surface area (Å²) < 4.78 is 23.1. The summed E-state index contributed by atoms with van der Waals surface area (Å²) in [5.41, 5.74) is 2.56. The Kier molecular flexibility index (Phi) is 6.96. The standard InChI is InChI=1S/C30H34O6/c1-4-35-29(34-3)36-27-15-26(33-2)23(10-9-22-7-5-6-8-24(22)28(31)32)14-25(27)30-16-19-11-20(17-30)13-21(12-19)18-30/h5-8,14-15,19-21,29H,4,11-13,16-18H2,1-3H3,(H,31,32). The van der Waals surface area contributed by atoms with Crippen molar-refractivity contribution in [2.45, 2.75) is 57.3 Å². The maximum absolute atomic E-state index is 11.7. The van der Waals surface area contributed by atoms with E-state index >= 15 is 0 Å². The molecule has 1 N–H and O–H groups in total. The molecule has 0 saturated heterocycles.